The highest BCUT2D eigenvalue weighted by Crippen LogP contribution is 2.47. The molecule has 0 fully saturated rings. The van der Waals surface area contributed by atoms with E-state index in [9.17, 15) is 4.79 Å². The van der Waals surface area contributed by atoms with Crippen LogP contribution in [0.5, 0.6) is 11.5 Å². The molecule has 2 N–H and O–H groups in total. The lowest BCUT2D eigenvalue weighted by Crippen LogP contribution is -2.17. The quantitative estimate of drug-likeness (QED) is 0.251. The molecule has 0 radical (unpaired) electrons. The van der Waals surface area contributed by atoms with Crippen LogP contribution in [-0.2, 0) is 9.53 Å². The predicted molar refractivity (Wildman–Crippen MR) is 142 cm³/mol. The number of carbonyl (C=O) groups is 1. The summed E-state index contributed by atoms with van der Waals surface area (Å²) in [6.07, 6.45) is 0. The number of para-hydroxylation sites is 3. The number of aromatic nitrogens is 2. The molecule has 184 valence electrons. The van der Waals surface area contributed by atoms with E-state index in [1.807, 2.05) is 24.3 Å². The van der Waals surface area contributed by atoms with Crippen molar-refractivity contribution < 1.29 is 19.0 Å². The van der Waals surface area contributed by atoms with Crippen molar-refractivity contribution in [1.82, 2.24) is 9.97 Å². The molecule has 0 spiro atoms. The normalized spacial score (nSPS) is 11.4. The number of aryl methyl sites for hydroxylation is 2. The molecule has 0 unspecified atom stereocenters. The van der Waals surface area contributed by atoms with Gasteiger partial charge in [-0.25, -0.2) is 4.79 Å². The van der Waals surface area contributed by atoms with E-state index >= 15 is 0 Å². The van der Waals surface area contributed by atoms with Crippen molar-refractivity contribution >= 4 is 27.8 Å². The van der Waals surface area contributed by atoms with Gasteiger partial charge in [0.2, 0.25) is 0 Å². The van der Waals surface area contributed by atoms with Crippen LogP contribution in [0, 0.1) is 13.8 Å². The summed E-state index contributed by atoms with van der Waals surface area (Å²) in [6, 6.07) is 22.5. The van der Waals surface area contributed by atoms with Crippen molar-refractivity contribution in [2.24, 2.45) is 0 Å². The van der Waals surface area contributed by atoms with Crippen molar-refractivity contribution in [2.45, 2.75) is 26.7 Å². The van der Waals surface area contributed by atoms with E-state index < -0.39 is 5.97 Å². The average molecular weight is 483 g/mol. The van der Waals surface area contributed by atoms with Crippen LogP contribution in [0.3, 0.4) is 0 Å². The maximum absolute atomic E-state index is 12.2. The van der Waals surface area contributed by atoms with Crippen LogP contribution in [0.25, 0.3) is 21.8 Å². The van der Waals surface area contributed by atoms with Gasteiger partial charge < -0.3 is 24.2 Å². The van der Waals surface area contributed by atoms with Crippen molar-refractivity contribution in [1.29, 1.82) is 0 Å². The van der Waals surface area contributed by atoms with Gasteiger partial charge in [0.15, 0.2) is 18.1 Å². The maximum Gasteiger partial charge on any atom is 0.344 e. The molecule has 2 heterocycles. The number of benzene rings is 3. The summed E-state index contributed by atoms with van der Waals surface area (Å²) >= 11 is 0. The zero-order valence-electron chi connectivity index (χ0n) is 21.0. The number of carbonyl (C=O) groups excluding carboxylic acids is 1. The Morgan fingerprint density at radius 1 is 0.833 bits per heavy atom. The first-order chi connectivity index (χ1) is 17.5. The van der Waals surface area contributed by atoms with E-state index in [-0.39, 0.29) is 12.5 Å². The smallest absolute Gasteiger partial charge is 0.344 e. The molecule has 6 heteroatoms. The number of nitrogens with one attached hydrogen (secondary N) is 2. The third kappa shape index (κ3) is 4.09. The summed E-state index contributed by atoms with van der Waals surface area (Å²) in [5.41, 5.74) is 7.53. The van der Waals surface area contributed by atoms with E-state index in [1.54, 1.807) is 14.0 Å². The Morgan fingerprint density at radius 3 is 1.97 bits per heavy atom. The molecule has 5 rings (SSSR count). The second-order valence-electron chi connectivity index (χ2n) is 8.82. The monoisotopic (exact) mass is 482 g/mol. The van der Waals surface area contributed by atoms with E-state index in [0.29, 0.717) is 18.1 Å². The summed E-state index contributed by atoms with van der Waals surface area (Å²) in [5, 5.41) is 2.28. The molecule has 6 nitrogen and oxygen atoms in total. The van der Waals surface area contributed by atoms with Gasteiger partial charge in [0.25, 0.3) is 0 Å². The van der Waals surface area contributed by atoms with Gasteiger partial charge in [-0.15, -0.1) is 0 Å². The number of methoxy groups -OCH3 is 1. The molecule has 0 aliphatic carbocycles. The van der Waals surface area contributed by atoms with Crippen LogP contribution in [0.4, 0.5) is 0 Å². The fraction of sp³-hybridized carbons (Fsp3) is 0.233. The van der Waals surface area contributed by atoms with Crippen LogP contribution in [0.2, 0.25) is 0 Å². The Morgan fingerprint density at radius 2 is 1.42 bits per heavy atom. The first-order valence-electron chi connectivity index (χ1n) is 12.1. The molecule has 0 atom stereocenters. The zero-order chi connectivity index (χ0) is 25.2. The number of hydrogen-bond donors (Lipinski definition) is 2. The molecule has 0 amide bonds. The molecule has 3 aromatic carbocycles. The SMILES string of the molecule is CCOC(=O)COc1c(OC)cccc1C(c1c(C)[nH]c2ccccc12)c1c(C)[nH]c2ccccc12. The second-order valence-corrected chi connectivity index (χ2v) is 8.82. The molecule has 5 aromatic rings. The minimum atomic E-state index is -0.419. The number of H-pyrrole nitrogens is 2. The third-order valence-electron chi connectivity index (χ3n) is 6.64. The Bertz CT molecular complexity index is 1470. The highest BCUT2D eigenvalue weighted by Gasteiger charge is 2.30. The predicted octanol–water partition coefficient (Wildman–Crippen LogP) is 6.40. The molecule has 0 saturated heterocycles. The van der Waals surface area contributed by atoms with Gasteiger partial charge in [-0.1, -0.05) is 48.5 Å². The Kier molecular flexibility index (Phi) is 6.42. The molecule has 0 saturated carbocycles. The second kappa shape index (κ2) is 9.82. The standard InChI is InChI=1S/C30H30N2O4/c1-5-35-26(33)17-36-30-22(13-10-16-25(30)34-4)29(27-18(2)31-23-14-8-6-11-20(23)27)28-19(3)32-24-15-9-7-12-21(24)28/h6-16,29,31-32H,5,17H2,1-4H3. The lowest BCUT2D eigenvalue weighted by atomic mass is 9.81. The van der Waals surface area contributed by atoms with E-state index in [0.717, 1.165) is 49.9 Å². The van der Waals surface area contributed by atoms with Crippen LogP contribution >= 0.6 is 0 Å². The van der Waals surface area contributed by atoms with Gasteiger partial charge in [-0.05, 0) is 50.1 Å². The van der Waals surface area contributed by atoms with Crippen LogP contribution in [0.15, 0.2) is 66.7 Å². The van der Waals surface area contributed by atoms with Crippen LogP contribution in [-0.4, -0.2) is 36.3 Å². The minimum Gasteiger partial charge on any atom is -0.493 e. The average Bonchev–Trinajstić information content (AvgIpc) is 3.39. The van der Waals surface area contributed by atoms with Crippen molar-refractivity contribution in [3.8, 4) is 11.5 Å². The highest BCUT2D eigenvalue weighted by molar-refractivity contribution is 5.91. The number of aromatic amines is 2. The van der Waals surface area contributed by atoms with Crippen LogP contribution < -0.4 is 9.47 Å². The van der Waals surface area contributed by atoms with Gasteiger partial charge in [0.1, 0.15) is 0 Å². The number of hydrogen-bond acceptors (Lipinski definition) is 4. The molecule has 0 aliphatic heterocycles. The Balaban J connectivity index is 1.80. The van der Waals surface area contributed by atoms with Crippen molar-refractivity contribution in [3.63, 3.8) is 0 Å². The van der Waals surface area contributed by atoms with Gasteiger partial charge >= 0.3 is 5.97 Å². The number of fused-ring (bicyclic) bond motifs is 2. The molecular formula is C30H30N2O4. The van der Waals surface area contributed by atoms with E-state index in [2.05, 4.69) is 66.3 Å². The van der Waals surface area contributed by atoms with Crippen molar-refractivity contribution in [3.05, 3.63) is 94.8 Å². The fourth-order valence-electron chi connectivity index (χ4n) is 5.21. The number of rotatable bonds is 8. The first-order valence-corrected chi connectivity index (χ1v) is 12.1. The van der Waals surface area contributed by atoms with Gasteiger partial charge in [-0.2, -0.15) is 0 Å². The molecular weight excluding hydrogens is 452 g/mol. The maximum atomic E-state index is 12.2. The number of esters is 1. The Labute approximate surface area is 210 Å². The summed E-state index contributed by atoms with van der Waals surface area (Å²) in [4.78, 5) is 19.3. The summed E-state index contributed by atoms with van der Waals surface area (Å²) in [7, 11) is 1.61. The lowest BCUT2D eigenvalue weighted by molar-refractivity contribution is -0.145. The Hall–Kier alpha value is -4.19. The topological polar surface area (TPSA) is 76.3 Å². The first kappa shape index (κ1) is 23.5. The lowest BCUT2D eigenvalue weighted by Gasteiger charge is -2.24. The summed E-state index contributed by atoms with van der Waals surface area (Å²) in [6.45, 7) is 6.08. The number of ether oxygens (including phenoxy) is 3. The van der Waals surface area contributed by atoms with E-state index in [4.69, 9.17) is 14.2 Å². The largest absolute Gasteiger partial charge is 0.493 e. The van der Waals surface area contributed by atoms with Crippen LogP contribution in [0.1, 0.15) is 40.9 Å². The summed E-state index contributed by atoms with van der Waals surface area (Å²) < 4.78 is 17.0. The summed E-state index contributed by atoms with van der Waals surface area (Å²) in [5.74, 6) is 0.492. The molecule has 0 aliphatic rings. The zero-order valence-corrected chi connectivity index (χ0v) is 21.0. The van der Waals surface area contributed by atoms with Crippen molar-refractivity contribution in [2.75, 3.05) is 20.3 Å². The third-order valence-corrected chi connectivity index (χ3v) is 6.64. The minimum absolute atomic E-state index is 0.190. The van der Waals surface area contributed by atoms with Gasteiger partial charge in [0.05, 0.1) is 13.7 Å². The van der Waals surface area contributed by atoms with Gasteiger partial charge in [-0.3, -0.25) is 0 Å². The molecule has 36 heavy (non-hydrogen) atoms. The molecule has 0 bridgehead atoms. The molecule has 2 aromatic heterocycles. The van der Waals surface area contributed by atoms with E-state index in [1.165, 1.54) is 0 Å². The van der Waals surface area contributed by atoms with Gasteiger partial charge in [0, 0.05) is 44.7 Å². The fourth-order valence-corrected chi connectivity index (χ4v) is 5.21. The highest BCUT2D eigenvalue weighted by atomic mass is 16.6.